The van der Waals surface area contributed by atoms with Crippen LogP contribution in [0.15, 0.2) is 117 Å². The van der Waals surface area contributed by atoms with Crippen LogP contribution in [0.3, 0.4) is 0 Å². The second-order valence-electron chi connectivity index (χ2n) is 11.1. The number of nitrogens with zero attached hydrogens (tertiary/aromatic N) is 2. The molecular weight excluding hydrogens is 692 g/mol. The highest BCUT2D eigenvalue weighted by Crippen LogP contribution is 2.36. The highest BCUT2D eigenvalue weighted by atomic mass is 35.5. The third kappa shape index (κ3) is 7.47. The quantitative estimate of drug-likeness (QED) is 0.106. The number of esters is 2. The van der Waals surface area contributed by atoms with Gasteiger partial charge in [-0.15, -0.1) is 11.8 Å². The van der Waals surface area contributed by atoms with Gasteiger partial charge in [0.25, 0.3) is 5.56 Å². The first-order valence-electron chi connectivity index (χ1n) is 15.9. The molecule has 0 unspecified atom stereocenters. The van der Waals surface area contributed by atoms with Gasteiger partial charge in [0, 0.05) is 21.0 Å². The first-order valence-corrected chi connectivity index (χ1v) is 18.3. The lowest BCUT2D eigenvalue weighted by atomic mass is 9.93. The molecule has 50 heavy (non-hydrogen) atoms. The number of thioether (sulfide) groups is 1. The minimum atomic E-state index is -0.786. The van der Waals surface area contributed by atoms with Crippen LogP contribution < -0.4 is 19.6 Å². The Bertz CT molecular complexity index is 2250. The Balaban J connectivity index is 1.45. The zero-order valence-electron chi connectivity index (χ0n) is 27.6. The molecular formula is C39H33ClN2O6S2. The number of carbonyl (C=O) groups is 2. The summed E-state index contributed by atoms with van der Waals surface area (Å²) in [6, 6.07) is 28.7. The SMILES string of the molecule is CCOC(=O)C1=C(c2ccccc2)N=c2s/c(=C\c3cc(Cl)ccc3OCc3ccc(C(=O)OCC)cc3)c(=O)n2[C@H]1c1ccc(SC)cc1. The summed E-state index contributed by atoms with van der Waals surface area (Å²) >= 11 is 9.26. The zero-order chi connectivity index (χ0) is 35.2. The van der Waals surface area contributed by atoms with Crippen molar-refractivity contribution >= 4 is 58.4 Å². The van der Waals surface area contributed by atoms with Crippen molar-refractivity contribution in [3.05, 3.63) is 155 Å². The first kappa shape index (κ1) is 34.9. The molecule has 0 bridgehead atoms. The number of carbonyl (C=O) groups excluding carboxylic acids is 2. The number of thiazole rings is 1. The van der Waals surface area contributed by atoms with Gasteiger partial charge in [-0.25, -0.2) is 14.6 Å². The van der Waals surface area contributed by atoms with Crippen LogP contribution in [-0.4, -0.2) is 36.0 Å². The molecule has 11 heteroatoms. The number of ether oxygens (including phenoxy) is 3. The van der Waals surface area contributed by atoms with Crippen LogP contribution in [-0.2, 0) is 20.9 Å². The van der Waals surface area contributed by atoms with E-state index in [9.17, 15) is 14.4 Å². The van der Waals surface area contributed by atoms with Crippen LogP contribution >= 0.6 is 34.7 Å². The van der Waals surface area contributed by atoms with Crippen LogP contribution in [0.2, 0.25) is 5.02 Å². The molecule has 1 aliphatic heterocycles. The molecule has 2 heterocycles. The molecule has 0 amide bonds. The summed E-state index contributed by atoms with van der Waals surface area (Å²) in [5.41, 5.74) is 3.80. The Morgan fingerprint density at radius 1 is 0.920 bits per heavy atom. The van der Waals surface area contributed by atoms with Crippen molar-refractivity contribution in [1.29, 1.82) is 0 Å². The van der Waals surface area contributed by atoms with Crippen molar-refractivity contribution < 1.29 is 23.8 Å². The first-order chi connectivity index (χ1) is 24.3. The van der Waals surface area contributed by atoms with Gasteiger partial charge in [-0.2, -0.15) is 0 Å². The molecule has 1 aliphatic rings. The molecule has 1 aromatic heterocycles. The summed E-state index contributed by atoms with van der Waals surface area (Å²) in [6.07, 6.45) is 3.73. The fraction of sp³-hybridized carbons (Fsp3) is 0.179. The lowest BCUT2D eigenvalue weighted by Gasteiger charge is -2.26. The van der Waals surface area contributed by atoms with Crippen LogP contribution in [0.4, 0.5) is 0 Å². The average molecular weight is 725 g/mol. The molecule has 254 valence electrons. The smallest absolute Gasteiger partial charge is 0.338 e. The van der Waals surface area contributed by atoms with E-state index in [-0.39, 0.29) is 30.3 Å². The fourth-order valence-corrected chi connectivity index (χ4v) is 7.14. The second kappa shape index (κ2) is 15.8. The van der Waals surface area contributed by atoms with E-state index in [1.165, 1.54) is 11.3 Å². The number of fused-ring (bicyclic) bond motifs is 1. The summed E-state index contributed by atoms with van der Waals surface area (Å²) in [7, 11) is 0. The standard InChI is InChI=1S/C39H33ClN2O6S2/c1-4-46-37(44)27-13-11-24(12-14-27)23-48-31-20-17-29(40)21-28(31)22-32-36(43)42-35(26-15-18-30(49-3)19-16-26)33(38(45)47-5-2)34(41-39(42)50-32)25-9-7-6-8-10-25/h6-22,35H,4-5,23H2,1-3H3/b32-22-/t35-/m0/s1. The van der Waals surface area contributed by atoms with Crippen molar-refractivity contribution in [3.63, 3.8) is 0 Å². The largest absolute Gasteiger partial charge is 0.488 e. The van der Waals surface area contributed by atoms with E-state index in [2.05, 4.69) is 0 Å². The predicted molar refractivity (Wildman–Crippen MR) is 197 cm³/mol. The molecule has 0 aliphatic carbocycles. The highest BCUT2D eigenvalue weighted by Gasteiger charge is 2.35. The lowest BCUT2D eigenvalue weighted by Crippen LogP contribution is -2.40. The van der Waals surface area contributed by atoms with E-state index < -0.39 is 12.0 Å². The number of hydrogen-bond acceptors (Lipinski definition) is 9. The van der Waals surface area contributed by atoms with Gasteiger partial charge in [-0.3, -0.25) is 9.36 Å². The van der Waals surface area contributed by atoms with Gasteiger partial charge in [0.15, 0.2) is 4.80 Å². The third-order valence-corrected chi connectivity index (χ3v) is 9.88. The Morgan fingerprint density at radius 2 is 1.62 bits per heavy atom. The molecule has 0 saturated heterocycles. The monoisotopic (exact) mass is 724 g/mol. The summed E-state index contributed by atoms with van der Waals surface area (Å²) in [6.45, 7) is 4.19. The van der Waals surface area contributed by atoms with Gasteiger partial charge >= 0.3 is 11.9 Å². The Labute approximate surface area is 302 Å². The highest BCUT2D eigenvalue weighted by molar-refractivity contribution is 7.98. The number of benzene rings is 4. The Hall–Kier alpha value is -4.90. The molecule has 8 nitrogen and oxygen atoms in total. The van der Waals surface area contributed by atoms with Gasteiger partial charge in [0.2, 0.25) is 0 Å². The van der Waals surface area contributed by atoms with Crippen molar-refractivity contribution in [3.8, 4) is 5.75 Å². The minimum absolute atomic E-state index is 0.167. The van der Waals surface area contributed by atoms with Gasteiger partial charge < -0.3 is 14.2 Å². The zero-order valence-corrected chi connectivity index (χ0v) is 29.9. The predicted octanol–water partition coefficient (Wildman–Crippen LogP) is 7.07. The summed E-state index contributed by atoms with van der Waals surface area (Å²) in [5, 5.41) is 0.470. The van der Waals surface area contributed by atoms with E-state index in [1.54, 1.807) is 78.7 Å². The molecule has 5 aromatic rings. The van der Waals surface area contributed by atoms with Gasteiger partial charge in [-0.05, 0) is 79.8 Å². The normalized spacial score (nSPS) is 14.2. The third-order valence-electron chi connectivity index (χ3n) is 7.92. The topological polar surface area (TPSA) is 96.2 Å². The molecule has 0 radical (unpaired) electrons. The van der Waals surface area contributed by atoms with Crippen LogP contribution in [0.25, 0.3) is 11.8 Å². The molecule has 0 spiro atoms. The maximum atomic E-state index is 14.4. The van der Waals surface area contributed by atoms with E-state index in [0.717, 1.165) is 21.6 Å². The van der Waals surface area contributed by atoms with Crippen LogP contribution in [0.5, 0.6) is 5.75 Å². The van der Waals surface area contributed by atoms with Gasteiger partial charge in [-0.1, -0.05) is 77.5 Å². The molecule has 0 N–H and O–H groups in total. The maximum Gasteiger partial charge on any atom is 0.338 e. The minimum Gasteiger partial charge on any atom is -0.488 e. The molecule has 6 rings (SSSR count). The summed E-state index contributed by atoms with van der Waals surface area (Å²) < 4.78 is 18.8. The number of aromatic nitrogens is 1. The van der Waals surface area contributed by atoms with Crippen LogP contribution in [0, 0.1) is 0 Å². The number of hydrogen-bond donors (Lipinski definition) is 0. The van der Waals surface area contributed by atoms with Crippen molar-refractivity contribution in [2.75, 3.05) is 19.5 Å². The second-order valence-corrected chi connectivity index (χ2v) is 13.4. The summed E-state index contributed by atoms with van der Waals surface area (Å²) in [5.74, 6) is -0.411. The van der Waals surface area contributed by atoms with E-state index in [1.807, 2.05) is 60.9 Å². The fourth-order valence-electron chi connectivity index (χ4n) is 5.56. The molecule has 1 atom stereocenters. The van der Waals surface area contributed by atoms with E-state index in [0.29, 0.717) is 43.5 Å². The Kier molecular flexibility index (Phi) is 11.0. The lowest BCUT2D eigenvalue weighted by molar-refractivity contribution is -0.138. The van der Waals surface area contributed by atoms with Gasteiger partial charge in [0.05, 0.1) is 40.6 Å². The van der Waals surface area contributed by atoms with E-state index >= 15 is 0 Å². The van der Waals surface area contributed by atoms with Crippen molar-refractivity contribution in [1.82, 2.24) is 4.57 Å². The van der Waals surface area contributed by atoms with Crippen molar-refractivity contribution in [2.24, 2.45) is 4.99 Å². The Morgan fingerprint density at radius 3 is 2.30 bits per heavy atom. The van der Waals surface area contributed by atoms with Gasteiger partial charge in [0.1, 0.15) is 12.4 Å². The maximum absolute atomic E-state index is 14.4. The molecule has 0 fully saturated rings. The number of rotatable bonds is 11. The number of halogens is 1. The summed E-state index contributed by atoms with van der Waals surface area (Å²) in [4.78, 5) is 46.6. The molecule has 4 aromatic carbocycles. The van der Waals surface area contributed by atoms with E-state index in [4.69, 9.17) is 30.8 Å². The van der Waals surface area contributed by atoms with Crippen LogP contribution in [0.1, 0.15) is 52.5 Å². The van der Waals surface area contributed by atoms with Crippen molar-refractivity contribution in [2.45, 2.75) is 31.4 Å². The molecule has 0 saturated carbocycles. The average Bonchev–Trinajstić information content (AvgIpc) is 3.45.